The Morgan fingerprint density at radius 1 is 1.12 bits per heavy atom. The van der Waals surface area contributed by atoms with Gasteiger partial charge in [0.2, 0.25) is 17.7 Å². The van der Waals surface area contributed by atoms with Crippen molar-refractivity contribution < 1.29 is 18.8 Å². The second kappa shape index (κ2) is 7.65. The number of nitrogens with one attached hydrogen (secondary N) is 2. The number of amides is 3. The summed E-state index contributed by atoms with van der Waals surface area (Å²) in [5, 5.41) is 5.24. The van der Waals surface area contributed by atoms with Gasteiger partial charge in [-0.25, -0.2) is 0 Å². The van der Waals surface area contributed by atoms with E-state index in [0.29, 0.717) is 12.3 Å². The minimum absolute atomic E-state index is 0.0892. The Morgan fingerprint density at radius 3 is 2.64 bits per heavy atom. The van der Waals surface area contributed by atoms with Gasteiger partial charge in [-0.2, -0.15) is 0 Å². The molecule has 1 atom stereocenters. The van der Waals surface area contributed by atoms with Gasteiger partial charge in [0.25, 0.3) is 0 Å². The molecule has 0 unspecified atom stereocenters. The van der Waals surface area contributed by atoms with E-state index in [1.54, 1.807) is 17.0 Å². The maximum Gasteiger partial charge on any atom is 0.239 e. The lowest BCUT2D eigenvalue weighted by Crippen LogP contribution is -2.40. The van der Waals surface area contributed by atoms with Crippen LogP contribution < -0.4 is 15.5 Å². The van der Waals surface area contributed by atoms with Crippen LogP contribution in [0.15, 0.2) is 53.1 Å². The number of para-hydroxylation sites is 1. The Bertz CT molecular complexity index is 743. The van der Waals surface area contributed by atoms with Crippen LogP contribution in [0.4, 0.5) is 5.69 Å². The molecule has 1 aromatic carbocycles. The zero-order valence-electron chi connectivity index (χ0n) is 13.6. The van der Waals surface area contributed by atoms with Crippen LogP contribution in [0.3, 0.4) is 0 Å². The van der Waals surface area contributed by atoms with Crippen molar-refractivity contribution in [3.8, 4) is 0 Å². The monoisotopic (exact) mass is 341 g/mol. The Hall–Kier alpha value is -3.09. The molecule has 7 nitrogen and oxygen atoms in total. The van der Waals surface area contributed by atoms with Crippen molar-refractivity contribution in [1.29, 1.82) is 0 Å². The van der Waals surface area contributed by atoms with Crippen molar-refractivity contribution in [1.82, 2.24) is 10.6 Å². The van der Waals surface area contributed by atoms with E-state index in [-0.39, 0.29) is 37.2 Å². The number of anilines is 1. The van der Waals surface area contributed by atoms with Gasteiger partial charge in [0.1, 0.15) is 5.76 Å². The maximum atomic E-state index is 12.2. The third kappa shape index (κ3) is 4.26. The molecule has 0 bridgehead atoms. The van der Waals surface area contributed by atoms with E-state index >= 15 is 0 Å². The van der Waals surface area contributed by atoms with E-state index < -0.39 is 5.92 Å². The minimum atomic E-state index is -0.453. The van der Waals surface area contributed by atoms with Gasteiger partial charge in [-0.15, -0.1) is 0 Å². The van der Waals surface area contributed by atoms with Gasteiger partial charge in [-0.1, -0.05) is 18.2 Å². The van der Waals surface area contributed by atoms with Crippen molar-refractivity contribution in [3.05, 3.63) is 54.5 Å². The predicted molar refractivity (Wildman–Crippen MR) is 90.5 cm³/mol. The Morgan fingerprint density at radius 2 is 1.92 bits per heavy atom. The fraction of sp³-hybridized carbons (Fsp3) is 0.278. The van der Waals surface area contributed by atoms with Crippen molar-refractivity contribution in [3.63, 3.8) is 0 Å². The molecule has 7 heteroatoms. The van der Waals surface area contributed by atoms with Crippen LogP contribution in [0.5, 0.6) is 0 Å². The van der Waals surface area contributed by atoms with Crippen LogP contribution >= 0.6 is 0 Å². The first-order valence-electron chi connectivity index (χ1n) is 8.05. The van der Waals surface area contributed by atoms with Gasteiger partial charge in [0.05, 0.1) is 25.3 Å². The van der Waals surface area contributed by atoms with Crippen LogP contribution in [0.2, 0.25) is 0 Å². The molecule has 2 N–H and O–H groups in total. The molecule has 1 aromatic heterocycles. The van der Waals surface area contributed by atoms with E-state index in [1.807, 2.05) is 30.3 Å². The second-order valence-corrected chi connectivity index (χ2v) is 5.81. The maximum absolute atomic E-state index is 12.2. The van der Waals surface area contributed by atoms with Crippen molar-refractivity contribution in [2.24, 2.45) is 5.92 Å². The number of hydrogen-bond donors (Lipinski definition) is 2. The highest BCUT2D eigenvalue weighted by molar-refractivity contribution is 6.00. The summed E-state index contributed by atoms with van der Waals surface area (Å²) in [5.74, 6) is -0.507. The highest BCUT2D eigenvalue weighted by Crippen LogP contribution is 2.24. The molecule has 0 saturated carbocycles. The number of furan rings is 1. The molecule has 2 aromatic rings. The van der Waals surface area contributed by atoms with Gasteiger partial charge < -0.3 is 20.0 Å². The summed E-state index contributed by atoms with van der Waals surface area (Å²) in [6.45, 7) is 0.462. The Kier molecular flexibility index (Phi) is 5.13. The number of nitrogens with zero attached hydrogens (tertiary/aromatic N) is 1. The lowest BCUT2D eigenvalue weighted by atomic mass is 10.1. The first kappa shape index (κ1) is 16.8. The zero-order valence-corrected chi connectivity index (χ0v) is 13.6. The molecule has 1 aliphatic rings. The topological polar surface area (TPSA) is 91.7 Å². The molecule has 3 rings (SSSR count). The highest BCUT2D eigenvalue weighted by Gasteiger charge is 2.35. The van der Waals surface area contributed by atoms with E-state index in [4.69, 9.17) is 4.42 Å². The average Bonchev–Trinajstić information content (AvgIpc) is 3.28. The van der Waals surface area contributed by atoms with Crippen LogP contribution in [0.1, 0.15) is 12.2 Å². The van der Waals surface area contributed by atoms with Crippen molar-refractivity contribution >= 4 is 23.4 Å². The number of carbonyl (C=O) groups is 3. The number of benzene rings is 1. The zero-order chi connectivity index (χ0) is 17.6. The molecule has 0 aliphatic carbocycles. The van der Waals surface area contributed by atoms with Crippen LogP contribution in [0, 0.1) is 5.92 Å². The minimum Gasteiger partial charge on any atom is -0.467 e. The molecule has 0 radical (unpaired) electrons. The highest BCUT2D eigenvalue weighted by atomic mass is 16.3. The van der Waals surface area contributed by atoms with Crippen molar-refractivity contribution in [2.45, 2.75) is 13.0 Å². The molecule has 25 heavy (non-hydrogen) atoms. The Labute approximate surface area is 145 Å². The van der Waals surface area contributed by atoms with Crippen LogP contribution in [-0.4, -0.2) is 30.8 Å². The normalized spacial score (nSPS) is 16.7. The van der Waals surface area contributed by atoms with Gasteiger partial charge in [-0.3, -0.25) is 14.4 Å². The lowest BCUT2D eigenvalue weighted by Gasteiger charge is -2.16. The fourth-order valence-corrected chi connectivity index (χ4v) is 2.71. The quantitative estimate of drug-likeness (QED) is 0.822. The first-order valence-corrected chi connectivity index (χ1v) is 8.05. The SMILES string of the molecule is O=C(CNC(=O)[C@H]1CC(=O)N(c2ccccc2)C1)NCc1ccco1. The molecule has 0 spiro atoms. The molecule has 130 valence electrons. The van der Waals surface area contributed by atoms with E-state index in [1.165, 1.54) is 6.26 Å². The third-order valence-electron chi connectivity index (χ3n) is 4.03. The largest absolute Gasteiger partial charge is 0.467 e. The molecular formula is C18H19N3O4. The Balaban J connectivity index is 1.45. The summed E-state index contributed by atoms with van der Waals surface area (Å²) in [5.41, 5.74) is 0.777. The summed E-state index contributed by atoms with van der Waals surface area (Å²) < 4.78 is 5.11. The number of carbonyl (C=O) groups excluding carboxylic acids is 3. The van der Waals surface area contributed by atoms with Gasteiger partial charge >= 0.3 is 0 Å². The second-order valence-electron chi connectivity index (χ2n) is 5.81. The molecular weight excluding hydrogens is 322 g/mol. The van der Waals surface area contributed by atoms with Crippen LogP contribution in [0.25, 0.3) is 0 Å². The van der Waals surface area contributed by atoms with Gasteiger partial charge in [-0.05, 0) is 24.3 Å². The summed E-state index contributed by atoms with van der Waals surface area (Å²) in [7, 11) is 0. The van der Waals surface area contributed by atoms with Crippen LogP contribution in [-0.2, 0) is 20.9 Å². The summed E-state index contributed by atoms with van der Waals surface area (Å²) in [6.07, 6.45) is 1.67. The standard InChI is InChI=1S/C18H19N3O4/c22-16(19-10-15-7-4-8-25-15)11-20-18(24)13-9-17(23)21(12-13)14-5-2-1-3-6-14/h1-8,13H,9-12H2,(H,19,22)(H,20,24)/t13-/m0/s1. The summed E-state index contributed by atoms with van der Waals surface area (Å²) in [4.78, 5) is 37.7. The van der Waals surface area contributed by atoms with E-state index in [2.05, 4.69) is 10.6 Å². The molecule has 1 saturated heterocycles. The summed E-state index contributed by atoms with van der Waals surface area (Å²) >= 11 is 0. The van der Waals surface area contributed by atoms with Gasteiger partial charge in [0, 0.05) is 18.7 Å². The van der Waals surface area contributed by atoms with E-state index in [9.17, 15) is 14.4 Å². The molecule has 1 aliphatic heterocycles. The van der Waals surface area contributed by atoms with Crippen molar-refractivity contribution in [2.75, 3.05) is 18.0 Å². The lowest BCUT2D eigenvalue weighted by molar-refractivity contribution is -0.129. The molecule has 1 fully saturated rings. The first-order chi connectivity index (χ1) is 12.1. The van der Waals surface area contributed by atoms with E-state index in [0.717, 1.165) is 5.69 Å². The number of rotatable bonds is 6. The summed E-state index contributed by atoms with van der Waals surface area (Å²) in [6, 6.07) is 12.7. The van der Waals surface area contributed by atoms with Gasteiger partial charge in [0.15, 0.2) is 0 Å². The third-order valence-corrected chi connectivity index (χ3v) is 4.03. The smallest absolute Gasteiger partial charge is 0.239 e. The fourth-order valence-electron chi connectivity index (χ4n) is 2.71. The average molecular weight is 341 g/mol. The molecule has 3 amide bonds. The molecule has 2 heterocycles. The number of hydrogen-bond acceptors (Lipinski definition) is 4. The predicted octanol–water partition coefficient (Wildman–Crippen LogP) is 1.07.